The van der Waals surface area contributed by atoms with E-state index in [4.69, 9.17) is 0 Å². The molecule has 1 amide bonds. The predicted molar refractivity (Wildman–Crippen MR) is 69.1 cm³/mol. The number of likely N-dealkylation sites (tertiary alicyclic amines) is 1. The minimum atomic E-state index is 0.279. The van der Waals surface area contributed by atoms with Crippen molar-refractivity contribution in [3.63, 3.8) is 0 Å². The molecule has 4 nitrogen and oxygen atoms in total. The van der Waals surface area contributed by atoms with E-state index in [1.54, 1.807) is 12.4 Å². The van der Waals surface area contributed by atoms with Crippen molar-refractivity contribution in [2.24, 2.45) is 0 Å². The summed E-state index contributed by atoms with van der Waals surface area (Å²) in [4.78, 5) is 20.9. The van der Waals surface area contributed by atoms with Crippen LogP contribution in [0.5, 0.6) is 0 Å². The molecule has 18 heavy (non-hydrogen) atoms. The first-order valence-corrected chi connectivity index (χ1v) is 6.62. The topological polar surface area (TPSA) is 36.4 Å². The number of amides is 1. The highest BCUT2D eigenvalue weighted by Gasteiger charge is 2.41. The van der Waals surface area contributed by atoms with Gasteiger partial charge in [-0.2, -0.15) is 0 Å². The first-order chi connectivity index (χ1) is 8.74. The third-order valence-corrected chi connectivity index (χ3v) is 4.06. The number of hydrogen-bond acceptors (Lipinski definition) is 3. The van der Waals surface area contributed by atoms with Crippen LogP contribution in [0.1, 0.15) is 18.4 Å². The van der Waals surface area contributed by atoms with E-state index in [2.05, 4.69) is 21.8 Å². The van der Waals surface area contributed by atoms with Crippen LogP contribution in [0.2, 0.25) is 0 Å². The zero-order chi connectivity index (χ0) is 12.5. The molecule has 0 N–H and O–H groups in total. The van der Waals surface area contributed by atoms with Crippen molar-refractivity contribution < 1.29 is 4.79 Å². The van der Waals surface area contributed by atoms with Gasteiger partial charge in [0.15, 0.2) is 0 Å². The smallest absolute Gasteiger partial charge is 0.227 e. The Kier molecular flexibility index (Phi) is 3.04. The number of aromatic nitrogens is 1. The second kappa shape index (κ2) is 4.69. The fourth-order valence-electron chi connectivity index (χ4n) is 3.29. The molecule has 0 aromatic carbocycles. The molecule has 2 aliphatic heterocycles. The molecule has 0 saturated carbocycles. The van der Waals surface area contributed by atoms with Crippen LogP contribution in [-0.4, -0.2) is 52.9 Å². The molecule has 0 radical (unpaired) electrons. The van der Waals surface area contributed by atoms with Gasteiger partial charge in [-0.05, 0) is 37.6 Å². The van der Waals surface area contributed by atoms with E-state index in [-0.39, 0.29) is 5.91 Å². The van der Waals surface area contributed by atoms with Crippen molar-refractivity contribution in [1.29, 1.82) is 0 Å². The van der Waals surface area contributed by atoms with Crippen molar-refractivity contribution in [1.82, 2.24) is 14.8 Å². The van der Waals surface area contributed by atoms with Gasteiger partial charge in [0.05, 0.1) is 6.42 Å². The molecule has 3 rings (SSSR count). The van der Waals surface area contributed by atoms with Crippen molar-refractivity contribution >= 4 is 5.91 Å². The van der Waals surface area contributed by atoms with Gasteiger partial charge in [0.25, 0.3) is 0 Å². The summed E-state index contributed by atoms with van der Waals surface area (Å²) in [5.74, 6) is 0.279. The lowest BCUT2D eigenvalue weighted by atomic mass is 10.1. The van der Waals surface area contributed by atoms with Gasteiger partial charge < -0.3 is 9.80 Å². The highest BCUT2D eigenvalue weighted by molar-refractivity contribution is 5.80. The van der Waals surface area contributed by atoms with Crippen LogP contribution in [0.4, 0.5) is 0 Å². The van der Waals surface area contributed by atoms with E-state index in [1.165, 1.54) is 0 Å². The molecule has 2 bridgehead atoms. The fourth-order valence-corrected chi connectivity index (χ4v) is 3.29. The second-order valence-electron chi connectivity index (χ2n) is 5.44. The number of piperazine rings is 1. The Morgan fingerprint density at radius 3 is 2.50 bits per heavy atom. The Morgan fingerprint density at radius 2 is 1.89 bits per heavy atom. The second-order valence-corrected chi connectivity index (χ2v) is 5.44. The molecule has 0 spiro atoms. The van der Waals surface area contributed by atoms with Gasteiger partial charge in [-0.3, -0.25) is 9.78 Å². The summed E-state index contributed by atoms with van der Waals surface area (Å²) in [5, 5.41) is 0. The quantitative estimate of drug-likeness (QED) is 0.777. The number of carbonyl (C=O) groups excluding carboxylic acids is 1. The van der Waals surface area contributed by atoms with Gasteiger partial charge in [-0.25, -0.2) is 0 Å². The summed E-state index contributed by atoms with van der Waals surface area (Å²) in [6.45, 7) is 2.05. The number of hydrogen-bond donors (Lipinski definition) is 0. The molecule has 4 heteroatoms. The number of carbonyl (C=O) groups is 1. The third kappa shape index (κ3) is 2.12. The number of fused-ring (bicyclic) bond motifs is 2. The van der Waals surface area contributed by atoms with Crippen LogP contribution >= 0.6 is 0 Å². The Bertz CT molecular complexity index is 420. The van der Waals surface area contributed by atoms with Crippen LogP contribution in [0, 0.1) is 0 Å². The Morgan fingerprint density at radius 1 is 1.28 bits per heavy atom. The predicted octanol–water partition coefficient (Wildman–Crippen LogP) is 0.929. The van der Waals surface area contributed by atoms with Crippen LogP contribution < -0.4 is 0 Å². The molecule has 2 atom stereocenters. The highest BCUT2D eigenvalue weighted by Crippen LogP contribution is 2.30. The van der Waals surface area contributed by atoms with Gasteiger partial charge >= 0.3 is 0 Å². The van der Waals surface area contributed by atoms with Crippen LogP contribution in [-0.2, 0) is 11.2 Å². The molecular weight excluding hydrogens is 226 g/mol. The Labute approximate surface area is 108 Å². The monoisotopic (exact) mass is 245 g/mol. The lowest BCUT2D eigenvalue weighted by Crippen LogP contribution is -2.55. The molecule has 0 aliphatic carbocycles. The number of rotatable bonds is 2. The van der Waals surface area contributed by atoms with Crippen LogP contribution in [0.25, 0.3) is 0 Å². The Hall–Kier alpha value is -1.42. The van der Waals surface area contributed by atoms with Crippen LogP contribution in [0.15, 0.2) is 24.5 Å². The fraction of sp³-hybridized carbons (Fsp3) is 0.571. The molecule has 3 heterocycles. The summed E-state index contributed by atoms with van der Waals surface area (Å²) >= 11 is 0. The van der Waals surface area contributed by atoms with Gasteiger partial charge in [0.1, 0.15) is 0 Å². The molecule has 2 unspecified atom stereocenters. The zero-order valence-electron chi connectivity index (χ0n) is 10.7. The first kappa shape index (κ1) is 11.7. The van der Waals surface area contributed by atoms with E-state index in [0.29, 0.717) is 18.5 Å². The normalized spacial score (nSPS) is 27.5. The SMILES string of the molecule is CN1CC2CCC(C1)N2C(=O)Cc1ccncc1. The van der Waals surface area contributed by atoms with Crippen molar-refractivity contribution in [3.8, 4) is 0 Å². The number of likely N-dealkylation sites (N-methyl/N-ethyl adjacent to an activating group) is 1. The molecule has 1 aromatic rings. The maximum Gasteiger partial charge on any atom is 0.227 e. The molecule has 96 valence electrons. The van der Waals surface area contributed by atoms with Crippen LogP contribution in [0.3, 0.4) is 0 Å². The highest BCUT2D eigenvalue weighted by atomic mass is 16.2. The van der Waals surface area contributed by atoms with Crippen molar-refractivity contribution in [2.45, 2.75) is 31.3 Å². The van der Waals surface area contributed by atoms with E-state index < -0.39 is 0 Å². The molecule has 2 fully saturated rings. The molecule has 2 saturated heterocycles. The summed E-state index contributed by atoms with van der Waals surface area (Å²) < 4.78 is 0. The molecule has 2 aliphatic rings. The maximum atomic E-state index is 12.4. The van der Waals surface area contributed by atoms with Gasteiger partial charge in [0.2, 0.25) is 5.91 Å². The zero-order valence-corrected chi connectivity index (χ0v) is 10.7. The number of nitrogens with zero attached hydrogens (tertiary/aromatic N) is 3. The standard InChI is InChI=1S/C14H19N3O/c1-16-9-12-2-3-13(10-16)17(12)14(18)8-11-4-6-15-7-5-11/h4-7,12-13H,2-3,8-10H2,1H3. The summed E-state index contributed by atoms with van der Waals surface area (Å²) in [7, 11) is 2.15. The Balaban J connectivity index is 1.70. The largest absolute Gasteiger partial charge is 0.334 e. The van der Waals surface area contributed by atoms with E-state index in [0.717, 1.165) is 31.5 Å². The average molecular weight is 245 g/mol. The average Bonchev–Trinajstić information content (AvgIpc) is 2.63. The van der Waals surface area contributed by atoms with Gasteiger partial charge in [-0.15, -0.1) is 0 Å². The molecular formula is C14H19N3O. The summed E-state index contributed by atoms with van der Waals surface area (Å²) in [6, 6.07) is 4.72. The minimum Gasteiger partial charge on any atom is -0.334 e. The maximum absolute atomic E-state index is 12.4. The van der Waals surface area contributed by atoms with E-state index in [9.17, 15) is 4.79 Å². The molecule has 1 aromatic heterocycles. The lowest BCUT2D eigenvalue weighted by molar-refractivity contribution is -0.135. The van der Waals surface area contributed by atoms with Gasteiger partial charge in [0, 0.05) is 37.6 Å². The van der Waals surface area contributed by atoms with E-state index in [1.807, 2.05) is 12.1 Å². The minimum absolute atomic E-state index is 0.279. The summed E-state index contributed by atoms with van der Waals surface area (Å²) in [5.41, 5.74) is 1.06. The lowest BCUT2D eigenvalue weighted by Gasteiger charge is -2.39. The number of pyridine rings is 1. The van der Waals surface area contributed by atoms with E-state index >= 15 is 0 Å². The first-order valence-electron chi connectivity index (χ1n) is 6.62. The van der Waals surface area contributed by atoms with Crippen molar-refractivity contribution in [2.75, 3.05) is 20.1 Å². The third-order valence-electron chi connectivity index (χ3n) is 4.06. The van der Waals surface area contributed by atoms with Gasteiger partial charge in [-0.1, -0.05) is 0 Å². The van der Waals surface area contributed by atoms with Crippen molar-refractivity contribution in [3.05, 3.63) is 30.1 Å². The summed E-state index contributed by atoms with van der Waals surface area (Å²) in [6.07, 6.45) is 6.34.